The van der Waals surface area contributed by atoms with Gasteiger partial charge in [0, 0.05) is 13.6 Å². The van der Waals surface area contributed by atoms with Gasteiger partial charge in [-0.15, -0.1) is 0 Å². The molecule has 1 aromatic heterocycles. The molecule has 1 heterocycles. The molecule has 7 heteroatoms. The fourth-order valence-electron chi connectivity index (χ4n) is 1.33. The Kier molecular flexibility index (Phi) is 4.37. The van der Waals surface area contributed by atoms with Crippen LogP contribution in [0.1, 0.15) is 18.3 Å². The first-order valence-electron chi connectivity index (χ1n) is 4.83. The Morgan fingerprint density at radius 1 is 1.44 bits per heavy atom. The van der Waals surface area contributed by atoms with E-state index in [4.69, 9.17) is 0 Å². The second kappa shape index (κ2) is 5.18. The first kappa shape index (κ1) is 13.5. The van der Waals surface area contributed by atoms with Gasteiger partial charge < -0.3 is 5.32 Å². The number of aromatic nitrogens is 2. The average molecular weight is 300 g/mol. The Balaban J connectivity index is 2.64. The highest BCUT2D eigenvalue weighted by molar-refractivity contribution is 9.10. The number of rotatable bonds is 4. The second-order valence-corrected chi connectivity index (χ2v) is 4.20. The molecule has 0 atom stereocenters. The number of halogens is 4. The average Bonchev–Trinajstić information content (AvgIpc) is 2.42. The van der Waals surface area contributed by atoms with Crippen LogP contribution in [-0.2, 0) is 20.0 Å². The fourth-order valence-corrected chi connectivity index (χ4v) is 2.09. The number of alkyl halides is 3. The lowest BCUT2D eigenvalue weighted by Gasteiger charge is -2.08. The smallest absolute Gasteiger partial charge is 0.303 e. The molecule has 0 aliphatic rings. The Labute approximate surface area is 100 Å². The van der Waals surface area contributed by atoms with Gasteiger partial charge in [-0.1, -0.05) is 6.92 Å². The molecule has 0 radical (unpaired) electrons. The summed E-state index contributed by atoms with van der Waals surface area (Å²) in [6.07, 6.45) is -3.44. The van der Waals surface area contributed by atoms with Crippen LogP contribution in [0.2, 0.25) is 0 Å². The molecule has 0 bridgehead atoms. The van der Waals surface area contributed by atoms with Crippen LogP contribution in [0.5, 0.6) is 0 Å². The van der Waals surface area contributed by atoms with E-state index in [0.29, 0.717) is 0 Å². The van der Waals surface area contributed by atoms with Gasteiger partial charge in [0.2, 0.25) is 0 Å². The molecule has 0 aliphatic carbocycles. The third-order valence-corrected chi connectivity index (χ3v) is 3.04. The standard InChI is InChI=1S/C9H13BrF3N3/c1-3-6-8(10)7(16(2)15-6)4-14-5-9(11,12)13/h14H,3-5H2,1-2H3. The highest BCUT2D eigenvalue weighted by Crippen LogP contribution is 2.21. The fraction of sp³-hybridized carbons (Fsp3) is 0.667. The van der Waals surface area contributed by atoms with E-state index < -0.39 is 12.7 Å². The predicted molar refractivity (Wildman–Crippen MR) is 58.0 cm³/mol. The minimum atomic E-state index is -4.18. The summed E-state index contributed by atoms with van der Waals surface area (Å²) in [6.45, 7) is 1.09. The van der Waals surface area contributed by atoms with E-state index in [2.05, 4.69) is 26.3 Å². The molecular weight excluding hydrogens is 287 g/mol. The van der Waals surface area contributed by atoms with Crippen LogP contribution >= 0.6 is 15.9 Å². The molecule has 0 aliphatic heterocycles. The molecule has 1 aromatic rings. The van der Waals surface area contributed by atoms with Gasteiger partial charge in [0.15, 0.2) is 0 Å². The number of nitrogens with zero attached hydrogens (tertiary/aromatic N) is 2. The molecule has 0 aromatic carbocycles. The van der Waals surface area contributed by atoms with Crippen molar-refractivity contribution in [3.8, 4) is 0 Å². The van der Waals surface area contributed by atoms with Crippen LogP contribution < -0.4 is 5.32 Å². The Morgan fingerprint density at radius 3 is 2.50 bits per heavy atom. The summed E-state index contributed by atoms with van der Waals surface area (Å²) in [5.41, 5.74) is 1.58. The summed E-state index contributed by atoms with van der Waals surface area (Å²) in [4.78, 5) is 0. The van der Waals surface area contributed by atoms with Gasteiger partial charge in [0.1, 0.15) is 0 Å². The lowest BCUT2D eigenvalue weighted by molar-refractivity contribution is -0.125. The molecule has 1 rings (SSSR count). The van der Waals surface area contributed by atoms with Crippen molar-refractivity contribution in [2.75, 3.05) is 6.54 Å². The molecule has 0 fully saturated rings. The third-order valence-electron chi connectivity index (χ3n) is 2.12. The Morgan fingerprint density at radius 2 is 2.06 bits per heavy atom. The number of hydrogen-bond donors (Lipinski definition) is 1. The van der Waals surface area contributed by atoms with Crippen molar-refractivity contribution in [3.05, 3.63) is 15.9 Å². The van der Waals surface area contributed by atoms with Crippen molar-refractivity contribution in [2.45, 2.75) is 26.1 Å². The normalized spacial score (nSPS) is 12.1. The van der Waals surface area contributed by atoms with Crippen LogP contribution in [0.4, 0.5) is 13.2 Å². The van der Waals surface area contributed by atoms with Crippen LogP contribution in [0.25, 0.3) is 0 Å². The van der Waals surface area contributed by atoms with Gasteiger partial charge in [-0.2, -0.15) is 18.3 Å². The quantitative estimate of drug-likeness (QED) is 0.925. The monoisotopic (exact) mass is 299 g/mol. The minimum absolute atomic E-state index is 0.142. The van der Waals surface area contributed by atoms with Crippen LogP contribution in [0, 0.1) is 0 Å². The topological polar surface area (TPSA) is 29.9 Å². The summed E-state index contributed by atoms with van der Waals surface area (Å²) in [5, 5.41) is 6.54. The second-order valence-electron chi connectivity index (χ2n) is 3.40. The largest absolute Gasteiger partial charge is 0.401 e. The number of hydrogen-bond acceptors (Lipinski definition) is 2. The summed E-state index contributed by atoms with van der Waals surface area (Å²) < 4.78 is 38.2. The SMILES string of the molecule is CCc1nn(C)c(CNCC(F)(F)F)c1Br. The number of aryl methyl sites for hydroxylation is 2. The maximum absolute atomic E-state index is 11.9. The van der Waals surface area contributed by atoms with E-state index >= 15 is 0 Å². The molecule has 92 valence electrons. The van der Waals surface area contributed by atoms with Crippen molar-refractivity contribution in [1.82, 2.24) is 15.1 Å². The van der Waals surface area contributed by atoms with E-state index in [1.807, 2.05) is 6.92 Å². The van der Waals surface area contributed by atoms with Crippen molar-refractivity contribution in [2.24, 2.45) is 7.05 Å². The maximum Gasteiger partial charge on any atom is 0.401 e. The van der Waals surface area contributed by atoms with Crippen molar-refractivity contribution in [1.29, 1.82) is 0 Å². The first-order chi connectivity index (χ1) is 7.35. The van der Waals surface area contributed by atoms with E-state index in [9.17, 15) is 13.2 Å². The lowest BCUT2D eigenvalue weighted by Crippen LogP contribution is -2.29. The summed E-state index contributed by atoms with van der Waals surface area (Å²) >= 11 is 3.34. The van der Waals surface area contributed by atoms with Gasteiger partial charge in [-0.25, -0.2) is 0 Å². The predicted octanol–water partition coefficient (Wildman–Crippen LogP) is 2.40. The maximum atomic E-state index is 11.9. The molecule has 0 amide bonds. The molecule has 0 spiro atoms. The molecule has 0 saturated carbocycles. The molecular formula is C9H13BrF3N3. The number of nitrogens with one attached hydrogen (secondary N) is 1. The zero-order valence-corrected chi connectivity index (χ0v) is 10.6. The van der Waals surface area contributed by atoms with Gasteiger partial charge in [-0.05, 0) is 22.4 Å². The zero-order chi connectivity index (χ0) is 12.3. The molecule has 0 saturated heterocycles. The van der Waals surface area contributed by atoms with Crippen molar-refractivity contribution >= 4 is 15.9 Å². The highest BCUT2D eigenvalue weighted by atomic mass is 79.9. The van der Waals surface area contributed by atoms with Crippen LogP contribution in [0.15, 0.2) is 4.47 Å². The van der Waals surface area contributed by atoms with E-state index in [1.165, 1.54) is 0 Å². The summed E-state index contributed by atoms with van der Waals surface area (Å²) in [7, 11) is 1.72. The molecule has 3 nitrogen and oxygen atoms in total. The van der Waals surface area contributed by atoms with Gasteiger partial charge >= 0.3 is 6.18 Å². The minimum Gasteiger partial charge on any atom is -0.303 e. The zero-order valence-electron chi connectivity index (χ0n) is 9.03. The lowest BCUT2D eigenvalue weighted by atomic mass is 10.3. The van der Waals surface area contributed by atoms with Crippen molar-refractivity contribution in [3.63, 3.8) is 0 Å². The van der Waals surface area contributed by atoms with Crippen LogP contribution in [-0.4, -0.2) is 22.5 Å². The first-order valence-corrected chi connectivity index (χ1v) is 5.62. The molecule has 16 heavy (non-hydrogen) atoms. The Hall–Kier alpha value is -0.560. The Bertz CT molecular complexity index is 360. The molecule has 0 unspecified atom stereocenters. The van der Waals surface area contributed by atoms with Crippen molar-refractivity contribution < 1.29 is 13.2 Å². The van der Waals surface area contributed by atoms with Crippen LogP contribution in [0.3, 0.4) is 0 Å². The summed E-state index contributed by atoms with van der Waals surface area (Å²) in [5.74, 6) is 0. The highest BCUT2D eigenvalue weighted by Gasteiger charge is 2.26. The van der Waals surface area contributed by atoms with E-state index in [1.54, 1.807) is 11.7 Å². The van der Waals surface area contributed by atoms with Gasteiger partial charge in [0.05, 0.1) is 22.4 Å². The van der Waals surface area contributed by atoms with E-state index in [-0.39, 0.29) is 6.54 Å². The van der Waals surface area contributed by atoms with E-state index in [0.717, 1.165) is 22.3 Å². The third kappa shape index (κ3) is 3.48. The van der Waals surface area contributed by atoms with Gasteiger partial charge in [-0.3, -0.25) is 4.68 Å². The molecule has 1 N–H and O–H groups in total. The summed E-state index contributed by atoms with van der Waals surface area (Å²) in [6, 6.07) is 0. The van der Waals surface area contributed by atoms with Gasteiger partial charge in [0.25, 0.3) is 0 Å².